The van der Waals surface area contributed by atoms with Gasteiger partial charge in [0.25, 0.3) is 0 Å². The molecule has 3 aromatic rings. The van der Waals surface area contributed by atoms with Crippen LogP contribution in [0.4, 0.5) is 0 Å². The second-order valence-corrected chi connectivity index (χ2v) is 7.10. The van der Waals surface area contributed by atoms with E-state index in [9.17, 15) is 4.79 Å². The van der Waals surface area contributed by atoms with Crippen molar-refractivity contribution < 1.29 is 9.32 Å². The van der Waals surface area contributed by atoms with E-state index in [1.54, 1.807) is 0 Å². The quantitative estimate of drug-likeness (QED) is 0.671. The summed E-state index contributed by atoms with van der Waals surface area (Å²) >= 11 is 0. The third-order valence-electron chi connectivity index (χ3n) is 4.45. The first kappa shape index (κ1) is 18.8. The monoisotopic (exact) mass is 363 g/mol. The zero-order valence-electron chi connectivity index (χ0n) is 16.0. The largest absolute Gasteiger partial charge is 0.344 e. The first-order chi connectivity index (χ1) is 13.0. The molecule has 5 nitrogen and oxygen atoms in total. The highest BCUT2D eigenvalue weighted by Gasteiger charge is 2.24. The minimum Gasteiger partial charge on any atom is -0.344 e. The van der Waals surface area contributed by atoms with Gasteiger partial charge in [0.2, 0.25) is 17.6 Å². The molecule has 1 N–H and O–H groups in total. The molecule has 140 valence electrons. The lowest BCUT2D eigenvalue weighted by Crippen LogP contribution is -2.32. The molecule has 0 bridgehead atoms. The van der Waals surface area contributed by atoms with Crippen LogP contribution in [0.1, 0.15) is 43.3 Å². The number of hydrogen-bond donors (Lipinski definition) is 1. The number of aryl methyl sites for hydroxylation is 2. The minimum absolute atomic E-state index is 0.0205. The molecule has 1 atom stereocenters. The molecule has 0 unspecified atom stereocenters. The summed E-state index contributed by atoms with van der Waals surface area (Å²) < 4.78 is 5.47. The summed E-state index contributed by atoms with van der Waals surface area (Å²) in [7, 11) is 0. The maximum Gasteiger partial charge on any atom is 0.249 e. The van der Waals surface area contributed by atoms with Crippen LogP contribution < -0.4 is 5.32 Å². The SMILES string of the molecule is Cc1cccc(-c2noc([C@@H](NC(=O)CCc3ccccc3)C(C)C)n2)c1. The molecule has 0 spiro atoms. The Hall–Kier alpha value is -2.95. The Balaban J connectivity index is 1.68. The summed E-state index contributed by atoms with van der Waals surface area (Å²) in [5.41, 5.74) is 3.18. The molecule has 1 amide bonds. The predicted molar refractivity (Wildman–Crippen MR) is 105 cm³/mol. The normalized spacial score (nSPS) is 12.1. The number of amides is 1. The van der Waals surface area contributed by atoms with Crippen molar-refractivity contribution >= 4 is 5.91 Å². The van der Waals surface area contributed by atoms with E-state index in [1.165, 1.54) is 0 Å². The molecule has 0 aliphatic rings. The molecular weight excluding hydrogens is 338 g/mol. The van der Waals surface area contributed by atoms with Gasteiger partial charge in [-0.2, -0.15) is 4.98 Å². The van der Waals surface area contributed by atoms with Crippen LogP contribution in [0.15, 0.2) is 59.1 Å². The van der Waals surface area contributed by atoms with Crippen molar-refractivity contribution in [3.05, 3.63) is 71.6 Å². The molecule has 0 saturated carbocycles. The molecule has 0 aliphatic heterocycles. The topological polar surface area (TPSA) is 68.0 Å². The van der Waals surface area contributed by atoms with Gasteiger partial charge in [0.1, 0.15) is 6.04 Å². The van der Waals surface area contributed by atoms with Crippen LogP contribution in [0.5, 0.6) is 0 Å². The third kappa shape index (κ3) is 5.03. The van der Waals surface area contributed by atoms with Gasteiger partial charge in [0.05, 0.1) is 0 Å². The van der Waals surface area contributed by atoms with Gasteiger partial charge < -0.3 is 9.84 Å². The smallest absolute Gasteiger partial charge is 0.249 e. The molecule has 2 aromatic carbocycles. The van der Waals surface area contributed by atoms with Crippen LogP contribution in [0, 0.1) is 12.8 Å². The van der Waals surface area contributed by atoms with E-state index < -0.39 is 0 Å². The van der Waals surface area contributed by atoms with Gasteiger partial charge in [0, 0.05) is 12.0 Å². The van der Waals surface area contributed by atoms with Crippen molar-refractivity contribution in [2.75, 3.05) is 0 Å². The van der Waals surface area contributed by atoms with E-state index in [1.807, 2.05) is 75.4 Å². The fourth-order valence-electron chi connectivity index (χ4n) is 2.92. The summed E-state index contributed by atoms with van der Waals surface area (Å²) in [6.07, 6.45) is 1.13. The van der Waals surface area contributed by atoms with Crippen LogP contribution in [0.25, 0.3) is 11.4 Å². The van der Waals surface area contributed by atoms with Gasteiger partial charge in [0.15, 0.2) is 0 Å². The van der Waals surface area contributed by atoms with Crippen molar-refractivity contribution in [1.29, 1.82) is 0 Å². The van der Waals surface area contributed by atoms with Crippen molar-refractivity contribution in [2.45, 2.75) is 39.7 Å². The van der Waals surface area contributed by atoms with Crippen LogP contribution >= 0.6 is 0 Å². The first-order valence-electron chi connectivity index (χ1n) is 9.27. The maximum atomic E-state index is 12.4. The summed E-state index contributed by atoms with van der Waals surface area (Å²) in [4.78, 5) is 16.9. The lowest BCUT2D eigenvalue weighted by Gasteiger charge is -2.18. The fourth-order valence-corrected chi connectivity index (χ4v) is 2.92. The van der Waals surface area contributed by atoms with E-state index in [-0.39, 0.29) is 17.9 Å². The maximum absolute atomic E-state index is 12.4. The molecule has 27 heavy (non-hydrogen) atoms. The van der Waals surface area contributed by atoms with E-state index in [4.69, 9.17) is 4.52 Å². The molecule has 5 heteroatoms. The number of nitrogens with zero attached hydrogens (tertiary/aromatic N) is 2. The highest BCUT2D eigenvalue weighted by Crippen LogP contribution is 2.24. The zero-order valence-corrected chi connectivity index (χ0v) is 16.0. The van der Waals surface area contributed by atoms with Gasteiger partial charge in [-0.05, 0) is 30.9 Å². The first-order valence-corrected chi connectivity index (χ1v) is 9.27. The van der Waals surface area contributed by atoms with Crippen molar-refractivity contribution in [1.82, 2.24) is 15.5 Å². The molecule has 0 aliphatic carbocycles. The standard InChI is InChI=1S/C22H25N3O2/c1-15(2)20(23-19(26)13-12-17-9-5-4-6-10-17)22-24-21(25-27-22)18-11-7-8-16(3)14-18/h4-11,14-15,20H,12-13H2,1-3H3,(H,23,26)/t20-/m0/s1. The average Bonchev–Trinajstić information content (AvgIpc) is 3.15. The van der Waals surface area contributed by atoms with E-state index in [2.05, 4.69) is 15.5 Å². The van der Waals surface area contributed by atoms with Gasteiger partial charge in [-0.15, -0.1) is 0 Å². The number of carbonyl (C=O) groups is 1. The number of rotatable bonds is 7. The van der Waals surface area contributed by atoms with Crippen molar-refractivity contribution in [3.63, 3.8) is 0 Å². The third-order valence-corrected chi connectivity index (χ3v) is 4.45. The minimum atomic E-state index is -0.306. The van der Waals surface area contributed by atoms with Gasteiger partial charge in [-0.3, -0.25) is 4.79 Å². The number of aromatic nitrogens is 2. The Morgan fingerprint density at radius 2 is 1.89 bits per heavy atom. The zero-order chi connectivity index (χ0) is 19.2. The van der Waals surface area contributed by atoms with Crippen molar-refractivity contribution in [3.8, 4) is 11.4 Å². The second-order valence-electron chi connectivity index (χ2n) is 7.10. The molecule has 1 heterocycles. The Morgan fingerprint density at radius 1 is 1.11 bits per heavy atom. The summed E-state index contributed by atoms with van der Waals surface area (Å²) in [5.74, 6) is 1.09. The van der Waals surface area contributed by atoms with E-state index in [0.29, 0.717) is 24.6 Å². The highest BCUT2D eigenvalue weighted by molar-refractivity contribution is 5.76. The number of nitrogens with one attached hydrogen (secondary N) is 1. The molecule has 1 aromatic heterocycles. The molecule has 0 radical (unpaired) electrons. The van der Waals surface area contributed by atoms with Crippen LogP contribution in [-0.2, 0) is 11.2 Å². The number of hydrogen-bond acceptors (Lipinski definition) is 4. The summed E-state index contributed by atoms with van der Waals surface area (Å²) in [5, 5.41) is 7.14. The lowest BCUT2D eigenvalue weighted by molar-refractivity contribution is -0.122. The average molecular weight is 363 g/mol. The molecule has 0 fully saturated rings. The summed E-state index contributed by atoms with van der Waals surface area (Å²) in [6.45, 7) is 6.08. The van der Waals surface area contributed by atoms with Crippen molar-refractivity contribution in [2.24, 2.45) is 5.92 Å². The Kier molecular flexibility index (Phi) is 6.01. The van der Waals surface area contributed by atoms with Gasteiger partial charge in [-0.25, -0.2) is 0 Å². The lowest BCUT2D eigenvalue weighted by atomic mass is 10.0. The predicted octanol–water partition coefficient (Wildman–Crippen LogP) is 4.49. The Bertz CT molecular complexity index is 887. The summed E-state index contributed by atoms with van der Waals surface area (Å²) in [6, 6.07) is 17.6. The fraction of sp³-hybridized carbons (Fsp3) is 0.318. The number of benzene rings is 2. The van der Waals surface area contributed by atoms with E-state index >= 15 is 0 Å². The van der Waals surface area contributed by atoms with Gasteiger partial charge >= 0.3 is 0 Å². The van der Waals surface area contributed by atoms with Crippen LogP contribution in [0.2, 0.25) is 0 Å². The van der Waals surface area contributed by atoms with Crippen LogP contribution in [0.3, 0.4) is 0 Å². The Morgan fingerprint density at radius 3 is 2.59 bits per heavy atom. The molecule has 3 rings (SSSR count). The van der Waals surface area contributed by atoms with Crippen LogP contribution in [-0.4, -0.2) is 16.0 Å². The highest BCUT2D eigenvalue weighted by atomic mass is 16.5. The molecule has 0 saturated heterocycles. The number of carbonyl (C=O) groups excluding carboxylic acids is 1. The Labute approximate surface area is 159 Å². The molecular formula is C22H25N3O2. The van der Waals surface area contributed by atoms with Gasteiger partial charge in [-0.1, -0.05) is 73.1 Å². The second kappa shape index (κ2) is 8.62. The van der Waals surface area contributed by atoms with E-state index in [0.717, 1.165) is 16.7 Å².